The van der Waals surface area contributed by atoms with Gasteiger partial charge in [0.25, 0.3) is 0 Å². The fraction of sp³-hybridized carbons (Fsp3) is 0.492. The predicted octanol–water partition coefficient (Wildman–Crippen LogP) is 14.6. The zero-order valence-electron chi connectivity index (χ0n) is 45.5. The average Bonchev–Trinajstić information content (AvgIpc) is 3.33. The molecule has 2 unspecified atom stereocenters. The summed E-state index contributed by atoms with van der Waals surface area (Å²) < 4.78 is 54.7. The van der Waals surface area contributed by atoms with E-state index in [0.29, 0.717) is 58.6 Å². The van der Waals surface area contributed by atoms with Gasteiger partial charge in [0.15, 0.2) is 0 Å². The van der Waals surface area contributed by atoms with Crippen molar-refractivity contribution in [2.24, 2.45) is 10.8 Å². The molecule has 4 aromatic carbocycles. The van der Waals surface area contributed by atoms with Crippen LogP contribution in [-0.4, -0.2) is 84.5 Å². The molecule has 410 valence electrons. The molecule has 8 atom stereocenters. The highest BCUT2D eigenvalue weighted by molar-refractivity contribution is 7.91. The summed E-state index contributed by atoms with van der Waals surface area (Å²) in [6.45, 7) is 26.2. The zero-order valence-corrected chi connectivity index (χ0v) is 50.2. The Morgan fingerprint density at radius 2 is 1.01 bits per heavy atom. The summed E-state index contributed by atoms with van der Waals surface area (Å²) in [4.78, 5) is 32.6. The highest BCUT2D eigenvalue weighted by Crippen LogP contribution is 2.54. The van der Waals surface area contributed by atoms with E-state index in [1.54, 1.807) is 60.7 Å². The lowest BCUT2D eigenvalue weighted by molar-refractivity contribution is -0.155. The van der Waals surface area contributed by atoms with Crippen molar-refractivity contribution in [3.63, 3.8) is 0 Å². The van der Waals surface area contributed by atoms with Crippen molar-refractivity contribution in [1.29, 1.82) is 0 Å². The second-order valence-electron chi connectivity index (χ2n) is 22.7. The fourth-order valence-electron chi connectivity index (χ4n) is 10.7. The summed E-state index contributed by atoms with van der Waals surface area (Å²) in [5.41, 5.74) is 2.57. The molecule has 2 saturated heterocycles. The SMILES string of the molecule is C=CC[C@@]1(C)C[C@H](c2cccc(Cl)c2)[C@@H](c2ccc(Cl)cc2)N(C(CC)CN(C)S(=O)(=O)C(C)(C)C)C1=O.C=CC[C@@]1(C)C[C@H](c2cccc(Cl)c2)[C@@H](c2ccc(Cl)cc2)N(C(CC)CNS(=O)(=O)C(C)(C)C)C1=O. The van der Waals surface area contributed by atoms with Gasteiger partial charge in [-0.05, 0) is 151 Å². The normalized spacial score (nSPS) is 23.6. The van der Waals surface area contributed by atoms with Crippen LogP contribution in [0.15, 0.2) is 122 Å². The summed E-state index contributed by atoms with van der Waals surface area (Å²) in [5.74, 6) is -0.150. The van der Waals surface area contributed by atoms with Gasteiger partial charge in [-0.1, -0.05) is 135 Å². The van der Waals surface area contributed by atoms with Gasteiger partial charge in [0.1, 0.15) is 0 Å². The van der Waals surface area contributed by atoms with Crippen molar-refractivity contribution >= 4 is 78.3 Å². The van der Waals surface area contributed by atoms with Gasteiger partial charge in [0.2, 0.25) is 31.9 Å². The van der Waals surface area contributed by atoms with Crippen molar-refractivity contribution in [3.8, 4) is 0 Å². The third-order valence-corrected chi connectivity index (χ3v) is 20.7. The van der Waals surface area contributed by atoms with Gasteiger partial charge in [0, 0.05) is 64.1 Å². The Hall–Kier alpha value is -3.72. The van der Waals surface area contributed by atoms with Crippen LogP contribution in [0.5, 0.6) is 0 Å². The molecule has 2 aliphatic heterocycles. The number of amides is 2. The summed E-state index contributed by atoms with van der Waals surface area (Å²) in [6, 6.07) is 29.4. The van der Waals surface area contributed by atoms with E-state index in [0.717, 1.165) is 22.3 Å². The van der Waals surface area contributed by atoms with Crippen LogP contribution in [0.2, 0.25) is 20.1 Å². The predicted molar refractivity (Wildman–Crippen MR) is 312 cm³/mol. The Morgan fingerprint density at radius 3 is 1.35 bits per heavy atom. The van der Waals surface area contributed by atoms with Crippen molar-refractivity contribution in [1.82, 2.24) is 18.8 Å². The molecule has 0 aromatic heterocycles. The van der Waals surface area contributed by atoms with Crippen LogP contribution in [0.3, 0.4) is 0 Å². The molecule has 4 aromatic rings. The van der Waals surface area contributed by atoms with Gasteiger partial charge in [-0.25, -0.2) is 25.9 Å². The quantitative estimate of drug-likeness (QED) is 0.0990. The second kappa shape index (κ2) is 24.9. The number of halogens is 4. The number of piperidine rings is 2. The number of hydrogen-bond donors (Lipinski definition) is 1. The van der Waals surface area contributed by atoms with Gasteiger partial charge in [-0.2, -0.15) is 0 Å². The number of carbonyl (C=O) groups is 2. The fourth-order valence-corrected chi connectivity index (χ4v) is 13.5. The van der Waals surface area contributed by atoms with E-state index >= 15 is 0 Å². The van der Waals surface area contributed by atoms with E-state index in [4.69, 9.17) is 46.4 Å². The third-order valence-electron chi connectivity index (χ3n) is 15.1. The Bertz CT molecular complexity index is 2870. The Labute approximate surface area is 469 Å². The molecule has 16 heteroatoms. The van der Waals surface area contributed by atoms with Crippen molar-refractivity contribution < 1.29 is 26.4 Å². The summed E-state index contributed by atoms with van der Waals surface area (Å²) >= 11 is 25.3. The molecule has 1 N–H and O–H groups in total. The average molecular weight is 1150 g/mol. The standard InChI is InChI=1S/C30H40Cl2N2O3S.C29H38Cl2N2O3S/c1-8-17-30(6)19-26(22-11-10-12-24(32)18-22)27(21-13-15-23(31)16-14-21)34(28(30)35)25(9-2)20-33(7)38(36,37)29(3,4)5;1-7-16-29(6)18-25(21-10-9-11-23(31)17-21)26(20-12-14-22(30)15-13-20)33(27(29)34)24(8-2)19-32-37(35,36)28(3,4)5/h8,10-16,18,25-27H,1,9,17,19-20H2,2-7H3;7,9-15,17,24-26,32H,1,8,16,18-19H2,2-6H3/t25?,26-,27-,30+;24?,25-,26-,29+/m11/s1. The lowest BCUT2D eigenvalue weighted by Crippen LogP contribution is -2.58. The van der Waals surface area contributed by atoms with Crippen LogP contribution < -0.4 is 4.72 Å². The molecular formula is C59H78Cl4N4O6S2. The number of likely N-dealkylation sites (tertiary alicyclic amines) is 2. The van der Waals surface area contributed by atoms with E-state index in [9.17, 15) is 26.4 Å². The topological polar surface area (TPSA) is 124 Å². The van der Waals surface area contributed by atoms with Crippen molar-refractivity contribution in [2.75, 3.05) is 20.1 Å². The molecule has 6 rings (SSSR count). The summed E-state index contributed by atoms with van der Waals surface area (Å²) in [6.07, 6.45) is 6.99. The smallest absolute Gasteiger partial charge is 0.229 e. The highest BCUT2D eigenvalue weighted by Gasteiger charge is 2.53. The molecule has 2 heterocycles. The number of sulfonamides is 2. The number of likely N-dealkylation sites (N-methyl/N-ethyl adjacent to an activating group) is 1. The van der Waals surface area contributed by atoms with E-state index in [1.807, 2.05) is 128 Å². The van der Waals surface area contributed by atoms with Crippen molar-refractivity contribution in [3.05, 3.63) is 165 Å². The van der Waals surface area contributed by atoms with E-state index in [1.165, 1.54) is 4.31 Å². The van der Waals surface area contributed by atoms with Crippen LogP contribution in [0.4, 0.5) is 0 Å². The maximum absolute atomic E-state index is 14.4. The maximum Gasteiger partial charge on any atom is 0.229 e. The first-order chi connectivity index (χ1) is 34.9. The lowest BCUT2D eigenvalue weighted by atomic mass is 9.67. The van der Waals surface area contributed by atoms with E-state index in [-0.39, 0.29) is 60.9 Å². The molecular weight excluding hydrogens is 1070 g/mol. The lowest BCUT2D eigenvalue weighted by Gasteiger charge is -2.52. The molecule has 0 radical (unpaired) electrons. The number of carbonyl (C=O) groups excluding carboxylic acids is 2. The summed E-state index contributed by atoms with van der Waals surface area (Å²) in [5, 5.41) is 2.49. The number of nitrogens with one attached hydrogen (secondary N) is 1. The molecule has 2 aliphatic rings. The minimum Gasteiger partial charge on any atom is -0.330 e. The number of rotatable bonds is 18. The van der Waals surface area contributed by atoms with Crippen LogP contribution >= 0.6 is 46.4 Å². The minimum absolute atomic E-state index is 0.00374. The number of benzene rings is 4. The van der Waals surface area contributed by atoms with Crippen LogP contribution in [-0.2, 0) is 29.6 Å². The Balaban J connectivity index is 0.000000277. The van der Waals surface area contributed by atoms with Gasteiger partial charge < -0.3 is 9.80 Å². The molecule has 0 aliphatic carbocycles. The van der Waals surface area contributed by atoms with Gasteiger partial charge in [0.05, 0.1) is 32.4 Å². The first-order valence-corrected chi connectivity index (χ1v) is 30.2. The number of nitrogens with zero attached hydrogens (tertiary/aromatic N) is 3. The molecule has 0 saturated carbocycles. The maximum atomic E-state index is 14.4. The van der Waals surface area contributed by atoms with Gasteiger partial charge >= 0.3 is 0 Å². The van der Waals surface area contributed by atoms with Crippen LogP contribution in [0.25, 0.3) is 0 Å². The van der Waals surface area contributed by atoms with Crippen LogP contribution in [0, 0.1) is 10.8 Å². The molecule has 2 amide bonds. The third kappa shape index (κ3) is 14.1. The van der Waals surface area contributed by atoms with Crippen LogP contribution in [0.1, 0.15) is 154 Å². The Morgan fingerprint density at radius 1 is 0.627 bits per heavy atom. The minimum atomic E-state index is -3.60. The Kier molecular flexibility index (Phi) is 20.7. The molecule has 75 heavy (non-hydrogen) atoms. The first-order valence-electron chi connectivity index (χ1n) is 25.7. The second-order valence-corrected chi connectivity index (χ2v) is 29.8. The largest absolute Gasteiger partial charge is 0.330 e. The molecule has 2 fully saturated rings. The first kappa shape index (κ1) is 62.1. The van der Waals surface area contributed by atoms with Gasteiger partial charge in [-0.15, -0.1) is 13.2 Å². The van der Waals surface area contributed by atoms with E-state index < -0.39 is 40.4 Å². The van der Waals surface area contributed by atoms with Gasteiger partial charge in [-0.3, -0.25) is 9.59 Å². The molecule has 0 spiro atoms. The summed E-state index contributed by atoms with van der Waals surface area (Å²) in [7, 11) is -5.58. The molecule has 0 bridgehead atoms. The zero-order chi connectivity index (χ0) is 56.1. The molecule has 10 nitrogen and oxygen atoms in total. The highest BCUT2D eigenvalue weighted by atomic mass is 35.5. The van der Waals surface area contributed by atoms with E-state index in [2.05, 4.69) is 23.9 Å². The van der Waals surface area contributed by atoms with Crippen molar-refractivity contribution in [2.45, 2.75) is 153 Å². The number of allylic oxidation sites excluding steroid dienone is 2. The number of hydrogen-bond acceptors (Lipinski definition) is 6. The monoisotopic (exact) mass is 1140 g/mol.